The average Bonchev–Trinajstić information content (AvgIpc) is 3.48. The molecule has 170 valence electrons. The molecule has 2 aliphatic rings. The maximum Gasteiger partial charge on any atom is 0.294 e. The van der Waals surface area contributed by atoms with Crippen LogP contribution in [-0.2, 0) is 11.8 Å². The van der Waals surface area contributed by atoms with Gasteiger partial charge in [0, 0.05) is 29.9 Å². The highest BCUT2D eigenvalue weighted by Crippen LogP contribution is 2.44. The van der Waals surface area contributed by atoms with Crippen LogP contribution in [0.2, 0.25) is 0 Å². The maximum atomic E-state index is 13.6. The first-order valence-electron chi connectivity index (χ1n) is 10.8. The van der Waals surface area contributed by atoms with Gasteiger partial charge in [0.2, 0.25) is 0 Å². The second-order valence-electron chi connectivity index (χ2n) is 9.39. The van der Waals surface area contributed by atoms with Gasteiger partial charge in [-0.05, 0) is 75.8 Å². The van der Waals surface area contributed by atoms with Crippen LogP contribution in [0.1, 0.15) is 76.2 Å². The summed E-state index contributed by atoms with van der Waals surface area (Å²) in [7, 11) is 1.70. The largest absolute Gasteiger partial charge is 0.393 e. The fourth-order valence-corrected chi connectivity index (χ4v) is 4.73. The van der Waals surface area contributed by atoms with Crippen LogP contribution in [0.15, 0.2) is 18.2 Å². The van der Waals surface area contributed by atoms with Crippen LogP contribution in [0.4, 0.5) is 10.1 Å². The van der Waals surface area contributed by atoms with Crippen molar-refractivity contribution in [2.75, 3.05) is 5.32 Å². The van der Waals surface area contributed by atoms with Gasteiger partial charge in [-0.25, -0.2) is 4.39 Å². The molecular formula is C24H28FN3O4. The molecule has 0 spiro atoms. The molecule has 0 saturated heterocycles. The number of carbonyl (C=O) groups is 3. The molecule has 2 saturated carbocycles. The number of amides is 2. The lowest BCUT2D eigenvalue weighted by Crippen LogP contribution is -2.58. The van der Waals surface area contributed by atoms with E-state index in [1.54, 1.807) is 38.5 Å². The Balaban J connectivity index is 1.64. The monoisotopic (exact) mass is 441 g/mol. The van der Waals surface area contributed by atoms with Crippen LogP contribution < -0.4 is 10.6 Å². The van der Waals surface area contributed by atoms with E-state index in [-0.39, 0.29) is 23.3 Å². The molecule has 1 heterocycles. The minimum Gasteiger partial charge on any atom is -0.393 e. The van der Waals surface area contributed by atoms with E-state index in [0.717, 1.165) is 18.5 Å². The van der Waals surface area contributed by atoms with Crippen molar-refractivity contribution in [3.63, 3.8) is 0 Å². The Bertz CT molecular complexity index is 1130. The molecule has 3 N–H and O–H groups in total. The molecule has 2 aliphatic carbocycles. The van der Waals surface area contributed by atoms with Crippen molar-refractivity contribution in [3.8, 4) is 0 Å². The zero-order valence-corrected chi connectivity index (χ0v) is 18.7. The number of nitrogens with one attached hydrogen (secondary N) is 2. The molecule has 0 atom stereocenters. The molecule has 8 heteroatoms. The molecular weight excluding hydrogens is 413 g/mol. The lowest BCUT2D eigenvalue weighted by Gasteiger charge is -2.42. The number of aliphatic hydroxyl groups excluding tert-OH is 1. The summed E-state index contributed by atoms with van der Waals surface area (Å²) in [5, 5.41) is 15.1. The third-order valence-corrected chi connectivity index (χ3v) is 6.50. The first kappa shape index (κ1) is 22.2. The number of carbonyl (C=O) groups excluding carboxylic acids is 3. The fraction of sp³-hybridized carbons (Fsp3) is 0.458. The van der Waals surface area contributed by atoms with Gasteiger partial charge < -0.3 is 20.3 Å². The summed E-state index contributed by atoms with van der Waals surface area (Å²) in [6, 6.07) is 4.33. The van der Waals surface area contributed by atoms with Crippen LogP contribution in [-0.4, -0.2) is 38.9 Å². The number of hydrogen-bond donors (Lipinski definition) is 3. The molecule has 7 nitrogen and oxygen atoms in total. The van der Waals surface area contributed by atoms with Crippen molar-refractivity contribution < 1.29 is 23.9 Å². The highest BCUT2D eigenvalue weighted by molar-refractivity contribution is 6.43. The third-order valence-electron chi connectivity index (χ3n) is 6.50. The summed E-state index contributed by atoms with van der Waals surface area (Å²) in [6.45, 7) is 5.08. The number of aromatic nitrogens is 1. The van der Waals surface area contributed by atoms with Crippen molar-refractivity contribution in [1.82, 2.24) is 9.88 Å². The van der Waals surface area contributed by atoms with E-state index in [9.17, 15) is 23.9 Å². The Kier molecular flexibility index (Phi) is 5.45. The molecule has 0 unspecified atom stereocenters. The molecule has 2 fully saturated rings. The lowest BCUT2D eigenvalue weighted by molar-refractivity contribution is -0.121. The zero-order chi connectivity index (χ0) is 23.4. The van der Waals surface area contributed by atoms with Crippen molar-refractivity contribution >= 4 is 23.3 Å². The Morgan fingerprint density at radius 3 is 2.41 bits per heavy atom. The van der Waals surface area contributed by atoms with Gasteiger partial charge in [-0.1, -0.05) is 0 Å². The van der Waals surface area contributed by atoms with Crippen LogP contribution in [0.3, 0.4) is 0 Å². The topological polar surface area (TPSA) is 100 Å². The van der Waals surface area contributed by atoms with E-state index >= 15 is 0 Å². The summed E-state index contributed by atoms with van der Waals surface area (Å²) in [4.78, 5) is 39.0. The van der Waals surface area contributed by atoms with Gasteiger partial charge in [0.05, 0.1) is 17.4 Å². The third kappa shape index (κ3) is 3.95. The Labute approximate surface area is 186 Å². The number of hydrogen-bond acceptors (Lipinski definition) is 4. The molecule has 1 aromatic carbocycles. The highest BCUT2D eigenvalue weighted by atomic mass is 19.1. The van der Waals surface area contributed by atoms with Crippen LogP contribution >= 0.6 is 0 Å². The number of Topliss-reactive ketones (excluding diaryl/α,β-unsaturated/α-hetero) is 1. The van der Waals surface area contributed by atoms with Crippen molar-refractivity contribution in [1.29, 1.82) is 0 Å². The summed E-state index contributed by atoms with van der Waals surface area (Å²) >= 11 is 0. The van der Waals surface area contributed by atoms with E-state index < -0.39 is 23.3 Å². The summed E-state index contributed by atoms with van der Waals surface area (Å²) in [6.07, 6.45) is 2.14. The fourth-order valence-electron chi connectivity index (χ4n) is 4.73. The van der Waals surface area contributed by atoms with Gasteiger partial charge in [-0.15, -0.1) is 0 Å². The van der Waals surface area contributed by atoms with Gasteiger partial charge in [0.1, 0.15) is 5.82 Å². The number of halogens is 1. The lowest BCUT2D eigenvalue weighted by atomic mass is 9.76. The molecule has 4 rings (SSSR count). The summed E-state index contributed by atoms with van der Waals surface area (Å²) in [5.41, 5.74) is 2.03. The van der Waals surface area contributed by atoms with Crippen LogP contribution in [0.25, 0.3) is 0 Å². The van der Waals surface area contributed by atoms with E-state index in [1.807, 2.05) is 0 Å². The summed E-state index contributed by atoms with van der Waals surface area (Å²) in [5.74, 6) is -2.04. The molecule has 1 aromatic heterocycles. The SMILES string of the molecule is Cc1cc(NC(=O)c2c(C)c(C(=O)C(=O)N[C@]3(C)C[C@H](O)C3)n(C)c2C2CC2)ccc1F. The minimum atomic E-state index is -0.744. The van der Waals surface area contributed by atoms with E-state index in [0.29, 0.717) is 35.2 Å². The Morgan fingerprint density at radius 1 is 1.19 bits per heavy atom. The van der Waals surface area contributed by atoms with Gasteiger partial charge in [-0.3, -0.25) is 14.4 Å². The van der Waals surface area contributed by atoms with Gasteiger partial charge in [-0.2, -0.15) is 0 Å². The van der Waals surface area contributed by atoms with Crippen LogP contribution in [0.5, 0.6) is 0 Å². The van der Waals surface area contributed by atoms with Crippen LogP contribution in [0, 0.1) is 19.7 Å². The quantitative estimate of drug-likeness (QED) is 0.474. The Hall–Kier alpha value is -3.00. The smallest absolute Gasteiger partial charge is 0.294 e. The molecule has 2 amide bonds. The van der Waals surface area contributed by atoms with E-state index in [2.05, 4.69) is 10.6 Å². The molecule has 0 radical (unpaired) electrons. The Morgan fingerprint density at radius 2 is 1.84 bits per heavy atom. The maximum absolute atomic E-state index is 13.6. The van der Waals surface area contributed by atoms with E-state index in [4.69, 9.17) is 0 Å². The molecule has 2 aromatic rings. The normalized spacial score (nSPS) is 22.2. The number of benzene rings is 1. The second kappa shape index (κ2) is 7.85. The molecule has 32 heavy (non-hydrogen) atoms. The van der Waals surface area contributed by atoms with Crippen molar-refractivity contribution in [3.05, 3.63) is 52.1 Å². The standard InChI is InChI=1S/C24H28FN3O4/c1-12-9-15(7-8-17(12)25)26-22(31)18-13(2)19(28(4)20(18)14-5-6-14)21(30)23(32)27-24(3)10-16(29)11-24/h7-9,14,16,29H,5-6,10-11H2,1-4H3,(H,26,31)(H,27,32)/t16-,24+. The number of aryl methyl sites for hydroxylation is 1. The number of aliphatic hydroxyl groups is 1. The predicted molar refractivity (Wildman–Crippen MR) is 117 cm³/mol. The van der Waals surface area contributed by atoms with Gasteiger partial charge in [0.15, 0.2) is 0 Å². The number of anilines is 1. The summed E-state index contributed by atoms with van der Waals surface area (Å²) < 4.78 is 15.3. The molecule has 0 aliphatic heterocycles. The number of rotatable bonds is 6. The van der Waals surface area contributed by atoms with Crippen molar-refractivity contribution in [2.24, 2.45) is 7.05 Å². The second-order valence-corrected chi connectivity index (χ2v) is 9.39. The average molecular weight is 442 g/mol. The zero-order valence-electron chi connectivity index (χ0n) is 18.7. The predicted octanol–water partition coefficient (Wildman–Crippen LogP) is 3.12. The first-order valence-corrected chi connectivity index (χ1v) is 10.8. The first-order chi connectivity index (χ1) is 15.0. The van der Waals surface area contributed by atoms with Gasteiger partial charge >= 0.3 is 0 Å². The molecule has 0 bridgehead atoms. The van der Waals surface area contributed by atoms with Crippen molar-refractivity contribution in [2.45, 2.75) is 64.0 Å². The number of ketones is 1. The highest BCUT2D eigenvalue weighted by Gasteiger charge is 2.43. The minimum absolute atomic E-state index is 0.151. The number of nitrogens with zero attached hydrogens (tertiary/aromatic N) is 1. The van der Waals surface area contributed by atoms with E-state index in [1.165, 1.54) is 12.1 Å². The van der Waals surface area contributed by atoms with Gasteiger partial charge in [0.25, 0.3) is 17.6 Å².